The maximum Gasteiger partial charge on any atom is 0.258 e. The number of nitrogens with zero attached hydrogens (tertiary/aromatic N) is 3. The Labute approximate surface area is 170 Å². The van der Waals surface area contributed by atoms with Crippen LogP contribution in [0.2, 0.25) is 0 Å². The maximum absolute atomic E-state index is 12.2. The zero-order valence-electron chi connectivity index (χ0n) is 16.7. The summed E-state index contributed by atoms with van der Waals surface area (Å²) in [4.78, 5) is 16.3. The van der Waals surface area contributed by atoms with Crippen molar-refractivity contribution in [1.29, 1.82) is 0 Å². The van der Waals surface area contributed by atoms with E-state index < -0.39 is 0 Å². The standard InChI is InChI=1S/C23H26N4O2/c1-17-6-8-21(9-7-17)29-16-23(28)25-15-19-14-22(18-10-12-24-13-11-18)27(26-19)20-4-2-3-5-20/h6-14,20H,2-5,15-16H2,1H3,(H,25,28). The number of aryl methyl sites for hydroxylation is 1. The smallest absolute Gasteiger partial charge is 0.258 e. The van der Waals surface area contributed by atoms with Gasteiger partial charge in [-0.1, -0.05) is 30.5 Å². The zero-order valence-corrected chi connectivity index (χ0v) is 16.7. The summed E-state index contributed by atoms with van der Waals surface area (Å²) in [7, 11) is 0. The number of pyridine rings is 1. The molecule has 29 heavy (non-hydrogen) atoms. The molecule has 0 aliphatic heterocycles. The van der Waals surface area contributed by atoms with Gasteiger partial charge in [0.1, 0.15) is 5.75 Å². The van der Waals surface area contributed by atoms with Gasteiger partial charge in [-0.2, -0.15) is 5.10 Å². The minimum Gasteiger partial charge on any atom is -0.484 e. The lowest BCUT2D eigenvalue weighted by Crippen LogP contribution is -2.28. The Bertz CT molecular complexity index is 945. The molecular weight excluding hydrogens is 364 g/mol. The van der Waals surface area contributed by atoms with E-state index in [1.165, 1.54) is 12.8 Å². The second-order valence-corrected chi connectivity index (χ2v) is 7.52. The molecule has 3 aromatic rings. The van der Waals surface area contributed by atoms with E-state index in [0.29, 0.717) is 18.3 Å². The van der Waals surface area contributed by atoms with E-state index in [1.54, 1.807) is 12.4 Å². The van der Waals surface area contributed by atoms with Crippen molar-refractivity contribution in [1.82, 2.24) is 20.1 Å². The van der Waals surface area contributed by atoms with Gasteiger partial charge in [0.2, 0.25) is 0 Å². The van der Waals surface area contributed by atoms with Crippen LogP contribution in [-0.2, 0) is 11.3 Å². The largest absolute Gasteiger partial charge is 0.484 e. The van der Waals surface area contributed by atoms with Crippen LogP contribution in [0.5, 0.6) is 5.75 Å². The predicted molar refractivity (Wildman–Crippen MR) is 111 cm³/mol. The van der Waals surface area contributed by atoms with Gasteiger partial charge < -0.3 is 10.1 Å². The van der Waals surface area contributed by atoms with Gasteiger partial charge in [-0.3, -0.25) is 14.5 Å². The zero-order chi connectivity index (χ0) is 20.1. The summed E-state index contributed by atoms with van der Waals surface area (Å²) in [6.45, 7) is 2.39. The molecule has 1 saturated carbocycles. The molecule has 6 nitrogen and oxygen atoms in total. The van der Waals surface area contributed by atoms with Crippen LogP contribution >= 0.6 is 0 Å². The Balaban J connectivity index is 1.40. The molecule has 1 amide bonds. The highest BCUT2D eigenvalue weighted by atomic mass is 16.5. The fraction of sp³-hybridized carbons (Fsp3) is 0.348. The van der Waals surface area contributed by atoms with E-state index >= 15 is 0 Å². The summed E-state index contributed by atoms with van der Waals surface area (Å²) in [6, 6.07) is 14.1. The first-order chi connectivity index (χ1) is 14.2. The monoisotopic (exact) mass is 390 g/mol. The second kappa shape index (κ2) is 8.90. The SMILES string of the molecule is Cc1ccc(OCC(=O)NCc2cc(-c3ccncc3)n(C3CCCC3)n2)cc1. The van der Waals surface area contributed by atoms with Gasteiger partial charge in [-0.15, -0.1) is 0 Å². The number of amides is 1. The molecule has 0 bridgehead atoms. The number of benzene rings is 1. The van der Waals surface area contributed by atoms with Crippen LogP contribution in [0, 0.1) is 6.92 Å². The van der Waals surface area contributed by atoms with E-state index in [-0.39, 0.29) is 12.5 Å². The third-order valence-corrected chi connectivity index (χ3v) is 5.29. The van der Waals surface area contributed by atoms with E-state index in [1.807, 2.05) is 43.3 Å². The number of hydrogen-bond acceptors (Lipinski definition) is 4. The number of hydrogen-bond donors (Lipinski definition) is 1. The van der Waals surface area contributed by atoms with Crippen molar-refractivity contribution in [2.24, 2.45) is 0 Å². The first-order valence-electron chi connectivity index (χ1n) is 10.1. The van der Waals surface area contributed by atoms with Gasteiger partial charge in [0, 0.05) is 18.0 Å². The molecule has 0 spiro atoms. The molecule has 0 atom stereocenters. The van der Waals surface area contributed by atoms with Gasteiger partial charge >= 0.3 is 0 Å². The number of carbonyl (C=O) groups is 1. The van der Waals surface area contributed by atoms with Crippen molar-refractivity contribution in [3.63, 3.8) is 0 Å². The molecule has 4 rings (SSSR count). The summed E-state index contributed by atoms with van der Waals surface area (Å²) in [5.74, 6) is 0.530. The average molecular weight is 390 g/mol. The first-order valence-corrected chi connectivity index (χ1v) is 10.1. The van der Waals surface area contributed by atoms with Crippen LogP contribution < -0.4 is 10.1 Å². The molecule has 150 valence electrons. The third kappa shape index (κ3) is 4.83. The molecule has 1 fully saturated rings. The van der Waals surface area contributed by atoms with Crippen molar-refractivity contribution in [3.05, 3.63) is 66.1 Å². The van der Waals surface area contributed by atoms with E-state index in [4.69, 9.17) is 9.84 Å². The summed E-state index contributed by atoms with van der Waals surface area (Å²) < 4.78 is 7.68. The Kier molecular flexibility index (Phi) is 5.89. The lowest BCUT2D eigenvalue weighted by molar-refractivity contribution is -0.123. The molecule has 2 aromatic heterocycles. The fourth-order valence-corrected chi connectivity index (χ4v) is 3.72. The predicted octanol–water partition coefficient (Wildman–Crippen LogP) is 4.06. The molecular formula is C23H26N4O2. The summed E-state index contributed by atoms with van der Waals surface area (Å²) >= 11 is 0. The quantitative estimate of drug-likeness (QED) is 0.660. The van der Waals surface area contributed by atoms with Crippen molar-refractivity contribution >= 4 is 5.91 Å². The molecule has 0 radical (unpaired) electrons. The Hall–Kier alpha value is -3.15. The topological polar surface area (TPSA) is 69.0 Å². The molecule has 0 saturated heterocycles. The summed E-state index contributed by atoms with van der Waals surface area (Å²) in [5, 5.41) is 7.72. The van der Waals surface area contributed by atoms with Crippen LogP contribution in [0.15, 0.2) is 54.9 Å². The average Bonchev–Trinajstić information content (AvgIpc) is 3.42. The minimum absolute atomic E-state index is 0.0103. The highest BCUT2D eigenvalue weighted by Gasteiger charge is 2.22. The number of nitrogens with one attached hydrogen (secondary N) is 1. The Morgan fingerprint density at radius 3 is 2.59 bits per heavy atom. The van der Waals surface area contributed by atoms with Crippen molar-refractivity contribution in [3.8, 4) is 17.0 Å². The van der Waals surface area contributed by atoms with Crippen molar-refractivity contribution in [2.45, 2.75) is 45.2 Å². The minimum atomic E-state index is -0.161. The fourth-order valence-electron chi connectivity index (χ4n) is 3.72. The first kappa shape index (κ1) is 19.2. The molecule has 1 aliphatic rings. The molecule has 6 heteroatoms. The third-order valence-electron chi connectivity index (χ3n) is 5.29. The number of aromatic nitrogens is 3. The van der Waals surface area contributed by atoms with E-state index in [2.05, 4.69) is 21.0 Å². The number of ether oxygens (including phenoxy) is 1. The van der Waals surface area contributed by atoms with Crippen LogP contribution in [0.3, 0.4) is 0 Å². The normalized spacial score (nSPS) is 14.1. The van der Waals surface area contributed by atoms with E-state index in [9.17, 15) is 4.79 Å². The van der Waals surface area contributed by atoms with Crippen molar-refractivity contribution in [2.75, 3.05) is 6.61 Å². The lowest BCUT2D eigenvalue weighted by Gasteiger charge is -2.14. The molecule has 0 unspecified atom stereocenters. The van der Waals surface area contributed by atoms with Crippen LogP contribution in [0.25, 0.3) is 11.3 Å². The molecule has 1 aliphatic carbocycles. The summed E-state index contributed by atoms with van der Waals surface area (Å²) in [5.41, 5.74) is 4.19. The summed E-state index contributed by atoms with van der Waals surface area (Å²) in [6.07, 6.45) is 8.37. The van der Waals surface area contributed by atoms with Gasteiger partial charge in [-0.05, 0) is 50.1 Å². The molecule has 2 heterocycles. The van der Waals surface area contributed by atoms with Crippen molar-refractivity contribution < 1.29 is 9.53 Å². The Morgan fingerprint density at radius 2 is 1.86 bits per heavy atom. The van der Waals surface area contributed by atoms with Gasteiger partial charge in [-0.25, -0.2) is 0 Å². The molecule has 1 N–H and O–H groups in total. The van der Waals surface area contributed by atoms with Gasteiger partial charge in [0.15, 0.2) is 6.61 Å². The highest BCUT2D eigenvalue weighted by Crippen LogP contribution is 2.33. The maximum atomic E-state index is 12.2. The number of carbonyl (C=O) groups excluding carboxylic acids is 1. The van der Waals surface area contributed by atoms with Crippen LogP contribution in [0.1, 0.15) is 43.0 Å². The molecule has 1 aromatic carbocycles. The van der Waals surface area contributed by atoms with E-state index in [0.717, 1.165) is 35.4 Å². The van der Waals surface area contributed by atoms with Gasteiger partial charge in [0.25, 0.3) is 5.91 Å². The lowest BCUT2D eigenvalue weighted by atomic mass is 10.1. The number of rotatable bonds is 7. The van der Waals surface area contributed by atoms with Gasteiger partial charge in [0.05, 0.1) is 24.0 Å². The van der Waals surface area contributed by atoms with Crippen LogP contribution in [-0.4, -0.2) is 27.3 Å². The Morgan fingerprint density at radius 1 is 1.14 bits per heavy atom. The van der Waals surface area contributed by atoms with Crippen LogP contribution in [0.4, 0.5) is 0 Å². The highest BCUT2D eigenvalue weighted by molar-refractivity contribution is 5.77. The second-order valence-electron chi connectivity index (χ2n) is 7.52.